The molecule has 1 N–H and O–H groups in total. The van der Waals surface area contributed by atoms with E-state index < -0.39 is 0 Å². The van der Waals surface area contributed by atoms with Gasteiger partial charge < -0.3 is 4.74 Å². The van der Waals surface area contributed by atoms with E-state index in [4.69, 9.17) is 4.74 Å². The van der Waals surface area contributed by atoms with Gasteiger partial charge in [0.2, 0.25) is 16.8 Å². The quantitative estimate of drug-likeness (QED) is 0.785. The number of aromatic nitrogens is 3. The van der Waals surface area contributed by atoms with Crippen LogP contribution in [0.4, 0.5) is 5.95 Å². The van der Waals surface area contributed by atoms with Crippen LogP contribution in [0.25, 0.3) is 16.2 Å². The lowest BCUT2D eigenvalue weighted by molar-refractivity contribution is -0.116. The van der Waals surface area contributed by atoms with E-state index >= 15 is 0 Å². The number of amides is 1. The van der Waals surface area contributed by atoms with Crippen LogP contribution in [0.15, 0.2) is 29.6 Å². The fourth-order valence-corrected chi connectivity index (χ4v) is 2.96. The lowest BCUT2D eigenvalue weighted by atomic mass is 10.2. The van der Waals surface area contributed by atoms with Gasteiger partial charge in [0.15, 0.2) is 0 Å². The minimum absolute atomic E-state index is 0.0660. The van der Waals surface area contributed by atoms with Gasteiger partial charge in [-0.3, -0.25) is 10.1 Å². The van der Waals surface area contributed by atoms with Crippen molar-refractivity contribution in [3.05, 3.63) is 29.6 Å². The SMILES string of the molecule is CCCC(=O)Nc1nc2scc(-c3cccc(OC)c3)n2n1. The number of nitrogens with one attached hydrogen (secondary N) is 1. The molecule has 1 aromatic carbocycles. The molecule has 114 valence electrons. The first-order valence-corrected chi connectivity index (χ1v) is 7.87. The average Bonchev–Trinajstić information content (AvgIpc) is 3.07. The topological polar surface area (TPSA) is 68.5 Å². The number of carbonyl (C=O) groups is 1. The van der Waals surface area contributed by atoms with E-state index in [0.717, 1.165) is 28.4 Å². The highest BCUT2D eigenvalue weighted by molar-refractivity contribution is 7.15. The summed E-state index contributed by atoms with van der Waals surface area (Å²) in [6, 6.07) is 7.75. The molecule has 3 aromatic rings. The zero-order valence-electron chi connectivity index (χ0n) is 12.4. The summed E-state index contributed by atoms with van der Waals surface area (Å²) in [5.41, 5.74) is 1.91. The van der Waals surface area contributed by atoms with Gasteiger partial charge in [-0.05, 0) is 18.6 Å². The van der Waals surface area contributed by atoms with E-state index in [1.807, 2.05) is 36.6 Å². The Morgan fingerprint density at radius 3 is 3.09 bits per heavy atom. The van der Waals surface area contributed by atoms with E-state index in [1.54, 1.807) is 11.6 Å². The van der Waals surface area contributed by atoms with Crippen LogP contribution in [0, 0.1) is 0 Å². The van der Waals surface area contributed by atoms with E-state index in [-0.39, 0.29) is 5.91 Å². The monoisotopic (exact) mass is 316 g/mol. The minimum Gasteiger partial charge on any atom is -0.497 e. The van der Waals surface area contributed by atoms with Gasteiger partial charge in [0, 0.05) is 17.4 Å². The molecule has 0 fully saturated rings. The second-order valence-corrected chi connectivity index (χ2v) is 5.62. The predicted molar refractivity (Wildman–Crippen MR) is 86.4 cm³/mol. The number of thiazole rings is 1. The van der Waals surface area contributed by atoms with Crippen LogP contribution in [-0.4, -0.2) is 27.6 Å². The number of anilines is 1. The van der Waals surface area contributed by atoms with Crippen molar-refractivity contribution >= 4 is 28.2 Å². The number of ether oxygens (including phenoxy) is 1. The molecule has 0 bridgehead atoms. The molecule has 0 aliphatic carbocycles. The number of carbonyl (C=O) groups excluding carboxylic acids is 1. The Bertz CT molecular complexity index is 809. The molecular formula is C15H16N4O2S. The lowest BCUT2D eigenvalue weighted by Gasteiger charge is -2.02. The number of methoxy groups -OCH3 is 1. The zero-order chi connectivity index (χ0) is 15.5. The molecule has 0 radical (unpaired) electrons. The van der Waals surface area contributed by atoms with Gasteiger partial charge in [0.1, 0.15) is 5.75 Å². The first kappa shape index (κ1) is 14.5. The number of hydrogen-bond donors (Lipinski definition) is 1. The molecule has 0 saturated heterocycles. The third-order valence-electron chi connectivity index (χ3n) is 3.18. The molecule has 6 nitrogen and oxygen atoms in total. The fraction of sp³-hybridized carbons (Fsp3) is 0.267. The Labute approximate surface area is 131 Å². The number of benzene rings is 1. The van der Waals surface area contributed by atoms with Gasteiger partial charge in [0.05, 0.1) is 12.8 Å². The Morgan fingerprint density at radius 2 is 2.32 bits per heavy atom. The van der Waals surface area contributed by atoms with E-state index in [9.17, 15) is 4.79 Å². The molecule has 0 saturated carbocycles. The van der Waals surface area contributed by atoms with Crippen molar-refractivity contribution in [2.75, 3.05) is 12.4 Å². The molecule has 2 aromatic heterocycles. The summed E-state index contributed by atoms with van der Waals surface area (Å²) in [4.78, 5) is 16.7. The van der Waals surface area contributed by atoms with Crippen molar-refractivity contribution in [3.63, 3.8) is 0 Å². The van der Waals surface area contributed by atoms with Crippen LogP contribution in [0.3, 0.4) is 0 Å². The third kappa shape index (κ3) is 2.80. The molecule has 1 amide bonds. The molecule has 3 rings (SSSR count). The van der Waals surface area contributed by atoms with Gasteiger partial charge in [-0.2, -0.15) is 4.98 Å². The Morgan fingerprint density at radius 1 is 1.45 bits per heavy atom. The summed E-state index contributed by atoms with van der Waals surface area (Å²) >= 11 is 1.48. The van der Waals surface area contributed by atoms with Crippen LogP contribution in [0.2, 0.25) is 0 Å². The first-order valence-electron chi connectivity index (χ1n) is 7.00. The van der Waals surface area contributed by atoms with Crippen molar-refractivity contribution in [2.45, 2.75) is 19.8 Å². The highest BCUT2D eigenvalue weighted by Crippen LogP contribution is 2.28. The summed E-state index contributed by atoms with van der Waals surface area (Å²) < 4.78 is 6.99. The second kappa shape index (κ2) is 6.15. The lowest BCUT2D eigenvalue weighted by Crippen LogP contribution is -2.11. The smallest absolute Gasteiger partial charge is 0.250 e. The minimum atomic E-state index is -0.0660. The molecule has 0 spiro atoms. The Hall–Kier alpha value is -2.41. The van der Waals surface area contributed by atoms with E-state index in [0.29, 0.717) is 12.4 Å². The Kier molecular flexibility index (Phi) is 4.06. The van der Waals surface area contributed by atoms with Gasteiger partial charge in [-0.1, -0.05) is 19.1 Å². The van der Waals surface area contributed by atoms with Crippen molar-refractivity contribution in [2.24, 2.45) is 0 Å². The molecule has 0 aliphatic rings. The largest absolute Gasteiger partial charge is 0.497 e. The number of rotatable bonds is 5. The molecule has 0 unspecified atom stereocenters. The van der Waals surface area contributed by atoms with Gasteiger partial charge >= 0.3 is 0 Å². The maximum atomic E-state index is 11.6. The highest BCUT2D eigenvalue weighted by Gasteiger charge is 2.13. The molecule has 7 heteroatoms. The summed E-state index contributed by atoms with van der Waals surface area (Å²) in [6.07, 6.45) is 1.26. The average molecular weight is 316 g/mol. The van der Waals surface area contributed by atoms with Crippen molar-refractivity contribution in [1.82, 2.24) is 14.6 Å². The summed E-state index contributed by atoms with van der Waals surface area (Å²) in [6.45, 7) is 1.96. The van der Waals surface area contributed by atoms with Crippen molar-refractivity contribution < 1.29 is 9.53 Å². The Balaban J connectivity index is 1.94. The molecule has 22 heavy (non-hydrogen) atoms. The van der Waals surface area contributed by atoms with Crippen LogP contribution in [-0.2, 0) is 4.79 Å². The molecule has 0 aliphatic heterocycles. The van der Waals surface area contributed by atoms with Crippen molar-refractivity contribution in [3.8, 4) is 17.0 Å². The fourth-order valence-electron chi connectivity index (χ4n) is 2.13. The van der Waals surface area contributed by atoms with Crippen LogP contribution in [0.5, 0.6) is 5.75 Å². The van der Waals surface area contributed by atoms with Crippen LogP contribution in [0.1, 0.15) is 19.8 Å². The molecule has 0 atom stereocenters. The van der Waals surface area contributed by atoms with E-state index in [2.05, 4.69) is 15.4 Å². The number of nitrogens with zero attached hydrogens (tertiary/aromatic N) is 3. The zero-order valence-corrected chi connectivity index (χ0v) is 13.2. The standard InChI is InChI=1S/C15H16N4O2S/c1-3-5-13(20)16-14-17-15-19(18-14)12(9-22-15)10-6-4-7-11(8-10)21-2/h4,6-9H,3,5H2,1-2H3,(H,16,18,20). The maximum Gasteiger partial charge on any atom is 0.250 e. The second-order valence-electron chi connectivity index (χ2n) is 4.78. The van der Waals surface area contributed by atoms with Crippen LogP contribution >= 0.6 is 11.3 Å². The summed E-state index contributed by atoms with van der Waals surface area (Å²) in [7, 11) is 1.64. The predicted octanol–water partition coefficient (Wildman–Crippen LogP) is 3.21. The molecular weight excluding hydrogens is 300 g/mol. The van der Waals surface area contributed by atoms with Crippen LogP contribution < -0.4 is 10.1 Å². The molecule has 2 heterocycles. The summed E-state index contributed by atoms with van der Waals surface area (Å²) in [5, 5.41) is 9.08. The number of hydrogen-bond acceptors (Lipinski definition) is 5. The van der Waals surface area contributed by atoms with Gasteiger partial charge in [0.25, 0.3) is 0 Å². The van der Waals surface area contributed by atoms with Gasteiger partial charge in [-0.25, -0.2) is 4.52 Å². The maximum absolute atomic E-state index is 11.6. The summed E-state index contributed by atoms with van der Waals surface area (Å²) in [5.74, 6) is 1.06. The normalized spacial score (nSPS) is 10.8. The van der Waals surface area contributed by atoms with Gasteiger partial charge in [-0.15, -0.1) is 16.4 Å². The number of fused-ring (bicyclic) bond motifs is 1. The van der Waals surface area contributed by atoms with E-state index in [1.165, 1.54) is 11.3 Å². The first-order chi connectivity index (χ1) is 10.7. The van der Waals surface area contributed by atoms with Crippen molar-refractivity contribution in [1.29, 1.82) is 0 Å². The third-order valence-corrected chi connectivity index (χ3v) is 3.99. The highest BCUT2D eigenvalue weighted by atomic mass is 32.1.